The molecule has 0 spiro atoms. The van der Waals surface area contributed by atoms with Crippen molar-refractivity contribution < 1.29 is 19.1 Å². The Bertz CT molecular complexity index is 531. The lowest BCUT2D eigenvalue weighted by Gasteiger charge is -2.22. The number of hydrogen-bond donors (Lipinski definition) is 1. The molecular formula is C19H29NO4. The number of unbranched alkanes of at least 4 members (excludes halogenated alkanes) is 1. The molecule has 0 bridgehead atoms. The predicted octanol–water partition coefficient (Wildman–Crippen LogP) is 3.77. The normalized spacial score (nSPS) is 12.4. The van der Waals surface area contributed by atoms with Crippen LogP contribution in [0.1, 0.15) is 51.2 Å². The number of rotatable bonds is 7. The summed E-state index contributed by atoms with van der Waals surface area (Å²) in [5.74, 6) is -0.448. The Morgan fingerprint density at radius 2 is 1.75 bits per heavy atom. The van der Waals surface area contributed by atoms with Gasteiger partial charge in [-0.3, -0.25) is 0 Å². The van der Waals surface area contributed by atoms with E-state index in [1.54, 1.807) is 20.8 Å². The zero-order valence-corrected chi connectivity index (χ0v) is 15.3. The van der Waals surface area contributed by atoms with Crippen molar-refractivity contribution in [3.63, 3.8) is 0 Å². The van der Waals surface area contributed by atoms with Crippen LogP contribution in [0.25, 0.3) is 0 Å². The molecule has 0 radical (unpaired) electrons. The Morgan fingerprint density at radius 3 is 2.29 bits per heavy atom. The molecule has 24 heavy (non-hydrogen) atoms. The van der Waals surface area contributed by atoms with Crippen molar-refractivity contribution in [3.05, 3.63) is 35.4 Å². The summed E-state index contributed by atoms with van der Waals surface area (Å²) >= 11 is 0. The van der Waals surface area contributed by atoms with Gasteiger partial charge in [-0.15, -0.1) is 0 Å². The maximum absolute atomic E-state index is 11.8. The Hall–Kier alpha value is -2.04. The molecular weight excluding hydrogens is 306 g/mol. The molecule has 0 aliphatic heterocycles. The molecule has 0 fully saturated rings. The second-order valence-corrected chi connectivity index (χ2v) is 6.95. The minimum atomic E-state index is -0.678. The SMILES string of the molecule is COC(=O)[C@H](CCCCc1ccc(C)cc1)NC(=O)OC(C)(C)C. The van der Waals surface area contributed by atoms with Gasteiger partial charge >= 0.3 is 12.1 Å². The molecule has 0 aliphatic rings. The minimum absolute atomic E-state index is 0.448. The van der Waals surface area contributed by atoms with Gasteiger partial charge in [0.15, 0.2) is 0 Å². The number of carbonyl (C=O) groups is 2. The van der Waals surface area contributed by atoms with E-state index >= 15 is 0 Å². The number of alkyl carbamates (subject to hydrolysis) is 1. The highest BCUT2D eigenvalue weighted by Crippen LogP contribution is 2.11. The fourth-order valence-corrected chi connectivity index (χ4v) is 2.27. The van der Waals surface area contributed by atoms with E-state index in [-0.39, 0.29) is 0 Å². The first-order chi connectivity index (χ1) is 11.2. The molecule has 1 aromatic rings. The van der Waals surface area contributed by atoms with Crippen molar-refractivity contribution in [2.75, 3.05) is 7.11 Å². The van der Waals surface area contributed by atoms with Gasteiger partial charge in [0.2, 0.25) is 0 Å². The molecule has 0 saturated heterocycles. The van der Waals surface area contributed by atoms with Crippen molar-refractivity contribution in [1.29, 1.82) is 0 Å². The van der Waals surface area contributed by atoms with Gasteiger partial charge in [0.1, 0.15) is 11.6 Å². The summed E-state index contributed by atoms with van der Waals surface area (Å²) in [5.41, 5.74) is 1.91. The zero-order chi connectivity index (χ0) is 18.2. The fraction of sp³-hybridized carbons (Fsp3) is 0.579. The molecule has 0 heterocycles. The molecule has 1 amide bonds. The van der Waals surface area contributed by atoms with Gasteiger partial charge in [0, 0.05) is 0 Å². The van der Waals surface area contributed by atoms with Gasteiger partial charge < -0.3 is 14.8 Å². The molecule has 0 aromatic heterocycles. The number of methoxy groups -OCH3 is 1. The lowest BCUT2D eigenvalue weighted by Crippen LogP contribution is -2.44. The molecule has 134 valence electrons. The van der Waals surface area contributed by atoms with Crippen LogP contribution >= 0.6 is 0 Å². The number of aryl methyl sites for hydroxylation is 2. The van der Waals surface area contributed by atoms with E-state index in [2.05, 4.69) is 36.5 Å². The third-order valence-corrected chi connectivity index (χ3v) is 3.51. The van der Waals surface area contributed by atoms with Gasteiger partial charge in [-0.2, -0.15) is 0 Å². The number of esters is 1. The maximum atomic E-state index is 11.8. The summed E-state index contributed by atoms with van der Waals surface area (Å²) in [6.45, 7) is 7.40. The topological polar surface area (TPSA) is 64.6 Å². The van der Waals surface area contributed by atoms with Crippen molar-refractivity contribution >= 4 is 12.1 Å². The Kier molecular flexibility index (Phi) is 7.75. The monoisotopic (exact) mass is 335 g/mol. The Morgan fingerprint density at radius 1 is 1.12 bits per heavy atom. The Balaban J connectivity index is 2.44. The van der Waals surface area contributed by atoms with Crippen molar-refractivity contribution in [3.8, 4) is 0 Å². The van der Waals surface area contributed by atoms with E-state index in [0.717, 1.165) is 19.3 Å². The quantitative estimate of drug-likeness (QED) is 0.608. The molecule has 1 rings (SSSR count). The summed E-state index contributed by atoms with van der Waals surface area (Å²) in [7, 11) is 1.32. The summed E-state index contributed by atoms with van der Waals surface area (Å²) in [4.78, 5) is 23.7. The van der Waals surface area contributed by atoms with Gasteiger partial charge in [0.05, 0.1) is 7.11 Å². The van der Waals surface area contributed by atoms with Crippen LogP contribution in [-0.4, -0.2) is 30.8 Å². The molecule has 1 atom stereocenters. The molecule has 0 unspecified atom stereocenters. The third kappa shape index (κ3) is 7.99. The number of hydrogen-bond acceptors (Lipinski definition) is 4. The van der Waals surface area contributed by atoms with E-state index < -0.39 is 23.7 Å². The number of carbonyl (C=O) groups excluding carboxylic acids is 2. The summed E-state index contributed by atoms with van der Waals surface area (Å²) in [5, 5.41) is 2.59. The van der Waals surface area contributed by atoms with Crippen LogP contribution in [0.3, 0.4) is 0 Å². The molecule has 5 nitrogen and oxygen atoms in total. The summed E-state index contributed by atoms with van der Waals surface area (Å²) in [6, 6.07) is 7.74. The number of benzene rings is 1. The predicted molar refractivity (Wildman–Crippen MR) is 93.9 cm³/mol. The van der Waals surface area contributed by atoms with E-state index in [1.807, 2.05) is 0 Å². The van der Waals surface area contributed by atoms with Crippen LogP contribution in [0.5, 0.6) is 0 Å². The largest absolute Gasteiger partial charge is 0.467 e. The second-order valence-electron chi connectivity index (χ2n) is 6.95. The highest BCUT2D eigenvalue weighted by atomic mass is 16.6. The molecule has 1 N–H and O–H groups in total. The van der Waals surface area contributed by atoms with E-state index in [1.165, 1.54) is 18.2 Å². The van der Waals surface area contributed by atoms with Crippen LogP contribution in [0.2, 0.25) is 0 Å². The highest BCUT2D eigenvalue weighted by Gasteiger charge is 2.24. The van der Waals surface area contributed by atoms with E-state index in [4.69, 9.17) is 9.47 Å². The van der Waals surface area contributed by atoms with Crippen LogP contribution in [0.4, 0.5) is 4.79 Å². The molecule has 0 aliphatic carbocycles. The molecule has 0 saturated carbocycles. The summed E-state index contributed by atoms with van der Waals surface area (Å²) < 4.78 is 9.95. The smallest absolute Gasteiger partial charge is 0.408 e. The van der Waals surface area contributed by atoms with Crippen molar-refractivity contribution in [2.24, 2.45) is 0 Å². The summed E-state index contributed by atoms with van der Waals surface area (Å²) in [6.07, 6.45) is 2.62. The first kappa shape index (κ1) is 20.0. The Labute approximate surface area is 144 Å². The lowest BCUT2D eigenvalue weighted by atomic mass is 10.0. The third-order valence-electron chi connectivity index (χ3n) is 3.51. The van der Waals surface area contributed by atoms with Gasteiger partial charge in [-0.1, -0.05) is 36.2 Å². The second kappa shape index (κ2) is 9.30. The maximum Gasteiger partial charge on any atom is 0.408 e. The van der Waals surface area contributed by atoms with Crippen molar-refractivity contribution in [2.45, 2.75) is 65.0 Å². The number of ether oxygens (including phenoxy) is 2. The van der Waals surface area contributed by atoms with Gasteiger partial charge in [-0.25, -0.2) is 9.59 Å². The lowest BCUT2D eigenvalue weighted by molar-refractivity contribution is -0.143. The van der Waals surface area contributed by atoms with Gasteiger partial charge in [-0.05, 0) is 52.5 Å². The number of nitrogens with one attached hydrogen (secondary N) is 1. The minimum Gasteiger partial charge on any atom is -0.467 e. The van der Waals surface area contributed by atoms with Crippen LogP contribution in [0, 0.1) is 6.92 Å². The van der Waals surface area contributed by atoms with E-state index in [0.29, 0.717) is 6.42 Å². The standard InChI is InChI=1S/C19H29NO4/c1-14-10-12-15(13-11-14)8-6-7-9-16(17(21)23-5)20-18(22)24-19(2,3)4/h10-13,16H,6-9H2,1-5H3,(H,20,22)/t16-/m0/s1. The molecule has 1 aromatic carbocycles. The highest BCUT2D eigenvalue weighted by molar-refractivity contribution is 5.81. The molecule has 5 heteroatoms. The average molecular weight is 335 g/mol. The van der Waals surface area contributed by atoms with Gasteiger partial charge in [0.25, 0.3) is 0 Å². The number of amides is 1. The fourth-order valence-electron chi connectivity index (χ4n) is 2.27. The van der Waals surface area contributed by atoms with Crippen LogP contribution in [0.15, 0.2) is 24.3 Å². The first-order valence-electron chi connectivity index (χ1n) is 8.34. The average Bonchev–Trinajstić information content (AvgIpc) is 2.49. The van der Waals surface area contributed by atoms with Crippen LogP contribution < -0.4 is 5.32 Å². The van der Waals surface area contributed by atoms with Crippen LogP contribution in [-0.2, 0) is 20.7 Å². The van der Waals surface area contributed by atoms with E-state index in [9.17, 15) is 9.59 Å². The first-order valence-corrected chi connectivity index (χ1v) is 8.34. The zero-order valence-electron chi connectivity index (χ0n) is 15.3. The van der Waals surface area contributed by atoms with Crippen molar-refractivity contribution in [1.82, 2.24) is 5.32 Å².